The summed E-state index contributed by atoms with van der Waals surface area (Å²) in [5.41, 5.74) is 2.72. The minimum Gasteiger partial charge on any atom is -0.374 e. The van der Waals surface area contributed by atoms with E-state index in [0.717, 1.165) is 25.3 Å². The quantitative estimate of drug-likeness (QED) is 0.718. The van der Waals surface area contributed by atoms with Crippen molar-refractivity contribution >= 4 is 5.91 Å². The number of nitrogens with zero attached hydrogens (tertiary/aromatic N) is 3. The van der Waals surface area contributed by atoms with Crippen LogP contribution in [0.4, 0.5) is 0 Å². The number of hydrogen-bond donors (Lipinski definition) is 1. The van der Waals surface area contributed by atoms with Gasteiger partial charge in [-0.25, -0.2) is 4.98 Å². The molecule has 1 aliphatic heterocycles. The van der Waals surface area contributed by atoms with Crippen molar-refractivity contribution in [2.24, 2.45) is 0 Å². The van der Waals surface area contributed by atoms with E-state index < -0.39 is 0 Å². The number of aromatic nitrogens is 2. The molecule has 1 amide bonds. The molecule has 2 aromatic carbocycles. The van der Waals surface area contributed by atoms with E-state index >= 15 is 0 Å². The molecule has 1 fully saturated rings. The molecule has 1 N–H and O–H groups in total. The van der Waals surface area contributed by atoms with Crippen LogP contribution in [0.2, 0.25) is 0 Å². The van der Waals surface area contributed by atoms with E-state index in [1.807, 2.05) is 36.4 Å². The lowest BCUT2D eigenvalue weighted by Crippen LogP contribution is -2.47. The fraction of sp³-hybridized carbons (Fsp3) is 0.273. The third-order valence-corrected chi connectivity index (χ3v) is 4.87. The van der Waals surface area contributed by atoms with Gasteiger partial charge >= 0.3 is 0 Å². The van der Waals surface area contributed by atoms with E-state index in [-0.39, 0.29) is 12.0 Å². The number of carbonyl (C=O) groups is 1. The van der Waals surface area contributed by atoms with Gasteiger partial charge in [0, 0.05) is 31.9 Å². The van der Waals surface area contributed by atoms with Crippen molar-refractivity contribution in [3.63, 3.8) is 0 Å². The van der Waals surface area contributed by atoms with Crippen molar-refractivity contribution in [2.75, 3.05) is 26.2 Å². The van der Waals surface area contributed by atoms with Crippen LogP contribution < -0.4 is 5.32 Å². The maximum Gasteiger partial charge on any atom is 0.270 e. The summed E-state index contributed by atoms with van der Waals surface area (Å²) < 4.78 is 7.64. The highest BCUT2D eigenvalue weighted by Crippen LogP contribution is 2.12. The standard InChI is InChI=1S/C22H24N4O2/c27-22(21-14-23-17-26(21)19-9-5-2-6-10-19)24-13-20-16-25(11-12-28-20)15-18-7-3-1-4-8-18/h1-10,14,17,20H,11-13,15-16H2,(H,24,27). The molecular weight excluding hydrogens is 352 g/mol. The summed E-state index contributed by atoms with van der Waals surface area (Å²) in [5, 5.41) is 3.00. The summed E-state index contributed by atoms with van der Waals surface area (Å²) in [6.07, 6.45) is 3.23. The molecule has 1 aliphatic rings. The molecule has 1 atom stereocenters. The number of hydrogen-bond acceptors (Lipinski definition) is 4. The Bertz CT molecular complexity index is 895. The van der Waals surface area contributed by atoms with Crippen molar-refractivity contribution in [3.05, 3.63) is 84.4 Å². The van der Waals surface area contributed by atoms with Crippen LogP contribution in [0.1, 0.15) is 16.1 Å². The number of amides is 1. The van der Waals surface area contributed by atoms with Crippen molar-refractivity contribution in [1.82, 2.24) is 19.8 Å². The third kappa shape index (κ3) is 4.47. The van der Waals surface area contributed by atoms with Crippen LogP contribution in [0.3, 0.4) is 0 Å². The molecule has 1 unspecified atom stereocenters. The second-order valence-electron chi connectivity index (χ2n) is 6.91. The molecular formula is C22H24N4O2. The third-order valence-electron chi connectivity index (χ3n) is 4.87. The Hall–Kier alpha value is -2.96. The van der Waals surface area contributed by atoms with Crippen molar-refractivity contribution in [2.45, 2.75) is 12.6 Å². The van der Waals surface area contributed by atoms with Crippen LogP contribution in [0.5, 0.6) is 0 Å². The molecule has 0 spiro atoms. The summed E-state index contributed by atoms with van der Waals surface area (Å²) in [6.45, 7) is 3.75. The van der Waals surface area contributed by atoms with Crippen molar-refractivity contribution < 1.29 is 9.53 Å². The van der Waals surface area contributed by atoms with Crippen LogP contribution >= 0.6 is 0 Å². The number of para-hydroxylation sites is 1. The van der Waals surface area contributed by atoms with E-state index in [0.29, 0.717) is 18.8 Å². The van der Waals surface area contributed by atoms with Crippen LogP contribution in [0.15, 0.2) is 73.2 Å². The zero-order valence-corrected chi connectivity index (χ0v) is 15.7. The molecule has 1 aromatic heterocycles. The van der Waals surface area contributed by atoms with E-state index in [1.165, 1.54) is 5.56 Å². The Morgan fingerprint density at radius 3 is 2.64 bits per heavy atom. The Kier molecular flexibility index (Phi) is 5.80. The Morgan fingerprint density at radius 2 is 1.86 bits per heavy atom. The fourth-order valence-corrected chi connectivity index (χ4v) is 3.44. The predicted octanol–water partition coefficient (Wildman–Crippen LogP) is 2.50. The molecule has 4 rings (SSSR count). The van der Waals surface area contributed by atoms with Gasteiger partial charge in [0.15, 0.2) is 0 Å². The van der Waals surface area contributed by atoms with E-state index in [9.17, 15) is 4.79 Å². The molecule has 0 radical (unpaired) electrons. The summed E-state index contributed by atoms with van der Waals surface area (Å²) in [6, 6.07) is 20.1. The van der Waals surface area contributed by atoms with Crippen LogP contribution in [0.25, 0.3) is 5.69 Å². The highest BCUT2D eigenvalue weighted by atomic mass is 16.5. The Labute approximate surface area is 164 Å². The number of carbonyl (C=O) groups excluding carboxylic acids is 1. The summed E-state index contributed by atoms with van der Waals surface area (Å²) in [7, 11) is 0. The number of benzene rings is 2. The molecule has 6 heteroatoms. The van der Waals surface area contributed by atoms with Crippen molar-refractivity contribution in [1.29, 1.82) is 0 Å². The lowest BCUT2D eigenvalue weighted by molar-refractivity contribution is -0.0292. The zero-order valence-electron chi connectivity index (χ0n) is 15.7. The maximum absolute atomic E-state index is 12.7. The molecule has 2 heterocycles. The first kappa shape index (κ1) is 18.4. The molecule has 0 saturated carbocycles. The maximum atomic E-state index is 12.7. The summed E-state index contributed by atoms with van der Waals surface area (Å²) in [4.78, 5) is 19.2. The van der Waals surface area contributed by atoms with Gasteiger partial charge in [-0.05, 0) is 17.7 Å². The number of rotatable bonds is 6. The minimum absolute atomic E-state index is 0.0190. The van der Waals surface area contributed by atoms with Gasteiger partial charge in [0.05, 0.1) is 25.2 Å². The summed E-state index contributed by atoms with van der Waals surface area (Å²) >= 11 is 0. The second-order valence-corrected chi connectivity index (χ2v) is 6.91. The number of ether oxygens (including phenoxy) is 1. The lowest BCUT2D eigenvalue weighted by atomic mass is 10.2. The Morgan fingerprint density at radius 1 is 1.11 bits per heavy atom. The second kappa shape index (κ2) is 8.82. The first-order valence-corrected chi connectivity index (χ1v) is 9.53. The first-order valence-electron chi connectivity index (χ1n) is 9.53. The van der Waals surface area contributed by atoms with Crippen LogP contribution in [0, 0.1) is 0 Å². The highest BCUT2D eigenvalue weighted by molar-refractivity contribution is 5.93. The van der Waals surface area contributed by atoms with Gasteiger partial charge in [0.2, 0.25) is 0 Å². The minimum atomic E-state index is -0.148. The molecule has 1 saturated heterocycles. The lowest BCUT2D eigenvalue weighted by Gasteiger charge is -2.33. The van der Waals surface area contributed by atoms with E-state index in [2.05, 4.69) is 39.5 Å². The van der Waals surface area contributed by atoms with Gasteiger partial charge in [-0.1, -0.05) is 48.5 Å². The van der Waals surface area contributed by atoms with Crippen LogP contribution in [-0.4, -0.2) is 52.7 Å². The fourth-order valence-electron chi connectivity index (χ4n) is 3.44. The highest BCUT2D eigenvalue weighted by Gasteiger charge is 2.22. The van der Waals surface area contributed by atoms with Crippen molar-refractivity contribution in [3.8, 4) is 5.69 Å². The molecule has 144 valence electrons. The molecule has 0 bridgehead atoms. The summed E-state index contributed by atoms with van der Waals surface area (Å²) in [5.74, 6) is -0.148. The van der Waals surface area contributed by atoms with E-state index in [1.54, 1.807) is 17.1 Å². The largest absolute Gasteiger partial charge is 0.374 e. The SMILES string of the molecule is O=C(NCC1CN(Cc2ccccc2)CCO1)c1cncn1-c1ccccc1. The zero-order chi connectivity index (χ0) is 19.2. The van der Waals surface area contributed by atoms with Gasteiger partial charge in [0.25, 0.3) is 5.91 Å². The van der Waals surface area contributed by atoms with Gasteiger partial charge in [-0.3, -0.25) is 14.3 Å². The van der Waals surface area contributed by atoms with Gasteiger partial charge in [-0.15, -0.1) is 0 Å². The smallest absolute Gasteiger partial charge is 0.270 e. The topological polar surface area (TPSA) is 59.4 Å². The molecule has 3 aromatic rings. The molecule has 6 nitrogen and oxygen atoms in total. The molecule has 28 heavy (non-hydrogen) atoms. The number of imidazole rings is 1. The number of morpholine rings is 1. The van der Waals surface area contributed by atoms with Crippen LogP contribution in [-0.2, 0) is 11.3 Å². The van der Waals surface area contributed by atoms with Gasteiger partial charge < -0.3 is 10.1 Å². The van der Waals surface area contributed by atoms with Gasteiger partial charge in [0.1, 0.15) is 5.69 Å². The predicted molar refractivity (Wildman–Crippen MR) is 107 cm³/mol. The Balaban J connectivity index is 1.33. The van der Waals surface area contributed by atoms with E-state index in [4.69, 9.17) is 4.74 Å². The average Bonchev–Trinajstić information content (AvgIpc) is 3.24. The number of nitrogens with one attached hydrogen (secondary N) is 1. The van der Waals surface area contributed by atoms with Gasteiger partial charge in [-0.2, -0.15) is 0 Å². The normalized spacial score (nSPS) is 17.4. The monoisotopic (exact) mass is 376 g/mol. The average molecular weight is 376 g/mol. The first-order chi connectivity index (χ1) is 13.8. The molecule has 0 aliphatic carbocycles.